The van der Waals surface area contributed by atoms with Crippen molar-refractivity contribution in [3.63, 3.8) is 0 Å². The highest BCUT2D eigenvalue weighted by Gasteiger charge is 2.22. The first-order valence-corrected chi connectivity index (χ1v) is 16.2. The second-order valence-corrected chi connectivity index (χ2v) is 11.8. The first-order chi connectivity index (χ1) is 24.2. The number of urea groups is 1. The molecule has 4 N–H and O–H groups in total. The van der Waals surface area contributed by atoms with E-state index in [0.717, 1.165) is 28.5 Å². The zero-order valence-corrected chi connectivity index (χ0v) is 28.4. The van der Waals surface area contributed by atoms with Crippen LogP contribution in [0.4, 0.5) is 16.3 Å². The number of ether oxygens (including phenoxy) is 1. The Morgan fingerprint density at radius 3 is 2.12 bits per heavy atom. The lowest BCUT2D eigenvalue weighted by atomic mass is 10.1. The largest absolute Gasteiger partial charge is 0.493 e. The first kappa shape index (κ1) is 35.1. The van der Waals surface area contributed by atoms with E-state index in [1.807, 2.05) is 62.4 Å². The summed E-state index contributed by atoms with van der Waals surface area (Å²) in [5.74, 6) is -0.0836. The number of benzene rings is 3. The van der Waals surface area contributed by atoms with Gasteiger partial charge < -0.3 is 25.6 Å². The van der Waals surface area contributed by atoms with Crippen molar-refractivity contribution in [3.8, 4) is 11.4 Å². The SMILES string of the molecule is CNC(=O)CN(CC(=O)NC)C(=O)c1ccc(-n2nc(C(C)C)cc2NC(=O)Nc2ccc(OCCc3ccncc3)c3ccccc23)cc1. The minimum absolute atomic E-state index is 0.0683. The molecule has 0 saturated heterocycles. The normalized spacial score (nSPS) is 10.8. The average Bonchev–Trinajstić information content (AvgIpc) is 3.56. The summed E-state index contributed by atoms with van der Waals surface area (Å²) in [6.07, 6.45) is 4.25. The molecule has 13 nitrogen and oxygen atoms in total. The van der Waals surface area contributed by atoms with Crippen LogP contribution >= 0.6 is 0 Å². The Kier molecular flexibility index (Phi) is 11.4. The Morgan fingerprint density at radius 1 is 0.820 bits per heavy atom. The number of fused-ring (bicyclic) bond motifs is 1. The predicted molar refractivity (Wildman–Crippen MR) is 192 cm³/mol. The Bertz CT molecular complexity index is 1960. The van der Waals surface area contributed by atoms with Gasteiger partial charge in [-0.15, -0.1) is 0 Å². The fourth-order valence-electron chi connectivity index (χ4n) is 5.20. The molecule has 0 spiro atoms. The summed E-state index contributed by atoms with van der Waals surface area (Å²) in [4.78, 5) is 56.0. The lowest BCUT2D eigenvalue weighted by Crippen LogP contribution is -2.44. The van der Waals surface area contributed by atoms with Gasteiger partial charge in [-0.2, -0.15) is 5.10 Å². The number of amides is 5. The number of hydrogen-bond acceptors (Lipinski definition) is 7. The topological polar surface area (TPSA) is 160 Å². The number of hydrogen-bond donors (Lipinski definition) is 4. The molecule has 0 unspecified atom stereocenters. The molecule has 5 aromatic rings. The number of pyridine rings is 1. The number of rotatable bonds is 13. The van der Waals surface area contributed by atoms with Crippen LogP contribution < -0.4 is 26.0 Å². The van der Waals surface area contributed by atoms with Gasteiger partial charge in [-0.3, -0.25) is 24.7 Å². The summed E-state index contributed by atoms with van der Waals surface area (Å²) < 4.78 is 7.72. The summed E-state index contributed by atoms with van der Waals surface area (Å²) in [6.45, 7) is 3.93. The van der Waals surface area contributed by atoms with Gasteiger partial charge in [0.2, 0.25) is 11.8 Å². The molecule has 3 aromatic carbocycles. The second-order valence-electron chi connectivity index (χ2n) is 11.8. The fourth-order valence-corrected chi connectivity index (χ4v) is 5.20. The standard InChI is InChI=1S/C37H40N8O5/c1-24(2)31-21-33(45(43-31)27-11-9-26(10-12-27)36(48)44(22-34(46)38-3)23-35(47)39-4)42-37(49)41-30-13-14-32(29-8-6-5-7-28(29)30)50-20-17-25-15-18-40-19-16-25/h5-16,18-19,21,24H,17,20,22-23H2,1-4H3,(H,38,46)(H,39,47)(H2,41,42,49). The molecule has 2 aromatic heterocycles. The van der Waals surface area contributed by atoms with Gasteiger partial charge in [0.15, 0.2) is 0 Å². The van der Waals surface area contributed by atoms with E-state index in [2.05, 4.69) is 26.3 Å². The molecule has 2 heterocycles. The van der Waals surface area contributed by atoms with Crippen LogP contribution in [-0.2, 0) is 16.0 Å². The van der Waals surface area contributed by atoms with Crippen molar-refractivity contribution in [2.24, 2.45) is 0 Å². The molecule has 0 bridgehead atoms. The number of aromatic nitrogens is 3. The van der Waals surface area contributed by atoms with E-state index < -0.39 is 23.8 Å². The van der Waals surface area contributed by atoms with Gasteiger partial charge in [0.05, 0.1) is 23.7 Å². The zero-order chi connectivity index (χ0) is 35.6. The van der Waals surface area contributed by atoms with Gasteiger partial charge in [-0.1, -0.05) is 38.1 Å². The summed E-state index contributed by atoms with van der Waals surface area (Å²) in [5.41, 5.74) is 3.36. The molecular weight excluding hydrogens is 636 g/mol. The molecule has 50 heavy (non-hydrogen) atoms. The third-order valence-corrected chi connectivity index (χ3v) is 7.96. The van der Waals surface area contributed by atoms with Gasteiger partial charge in [-0.05, 0) is 60.0 Å². The fraction of sp³-hybridized carbons (Fsp3) is 0.243. The smallest absolute Gasteiger partial charge is 0.324 e. The molecule has 0 aliphatic carbocycles. The number of anilines is 2. The Hall–Kier alpha value is -6.24. The minimum Gasteiger partial charge on any atom is -0.493 e. The quantitative estimate of drug-likeness (QED) is 0.140. The van der Waals surface area contributed by atoms with Crippen LogP contribution in [0.1, 0.15) is 41.4 Å². The van der Waals surface area contributed by atoms with E-state index in [0.29, 0.717) is 29.5 Å². The van der Waals surface area contributed by atoms with Crippen LogP contribution in [0.5, 0.6) is 5.75 Å². The van der Waals surface area contributed by atoms with Gasteiger partial charge >= 0.3 is 6.03 Å². The van der Waals surface area contributed by atoms with Crippen LogP contribution in [0, 0.1) is 0 Å². The van der Waals surface area contributed by atoms with E-state index in [4.69, 9.17) is 9.84 Å². The van der Waals surface area contributed by atoms with Crippen LogP contribution in [0.2, 0.25) is 0 Å². The predicted octanol–water partition coefficient (Wildman–Crippen LogP) is 4.74. The molecule has 0 saturated carbocycles. The first-order valence-electron chi connectivity index (χ1n) is 16.2. The number of nitrogens with zero attached hydrogens (tertiary/aromatic N) is 4. The van der Waals surface area contributed by atoms with Gasteiger partial charge in [-0.25, -0.2) is 9.48 Å². The molecule has 0 aliphatic heterocycles. The van der Waals surface area contributed by atoms with Crippen LogP contribution in [0.3, 0.4) is 0 Å². The maximum atomic E-state index is 13.4. The van der Waals surface area contributed by atoms with Gasteiger partial charge in [0.25, 0.3) is 5.91 Å². The van der Waals surface area contributed by atoms with Crippen molar-refractivity contribution in [2.75, 3.05) is 44.4 Å². The third-order valence-electron chi connectivity index (χ3n) is 7.96. The number of likely N-dealkylation sites (N-methyl/N-ethyl adjacent to an activating group) is 2. The Balaban J connectivity index is 1.33. The number of carbonyl (C=O) groups excluding carboxylic acids is 4. The molecule has 0 aliphatic rings. The van der Waals surface area contributed by atoms with Crippen LogP contribution in [0.25, 0.3) is 16.5 Å². The van der Waals surface area contributed by atoms with E-state index >= 15 is 0 Å². The highest BCUT2D eigenvalue weighted by atomic mass is 16.5. The summed E-state index contributed by atoms with van der Waals surface area (Å²) in [7, 11) is 2.92. The molecule has 5 rings (SSSR count). The van der Waals surface area contributed by atoms with Crippen molar-refractivity contribution in [3.05, 3.63) is 108 Å². The van der Waals surface area contributed by atoms with Crippen LogP contribution in [-0.4, -0.2) is 77.2 Å². The van der Waals surface area contributed by atoms with E-state index in [1.165, 1.54) is 19.0 Å². The monoisotopic (exact) mass is 676 g/mol. The van der Waals surface area contributed by atoms with Crippen molar-refractivity contribution in [1.82, 2.24) is 30.3 Å². The van der Waals surface area contributed by atoms with Crippen molar-refractivity contribution in [1.29, 1.82) is 0 Å². The molecule has 13 heteroatoms. The average molecular weight is 677 g/mol. The van der Waals surface area contributed by atoms with E-state index in [1.54, 1.807) is 47.4 Å². The molecular formula is C37H40N8O5. The van der Waals surface area contributed by atoms with Crippen molar-refractivity contribution < 1.29 is 23.9 Å². The Morgan fingerprint density at radius 2 is 1.48 bits per heavy atom. The highest BCUT2D eigenvalue weighted by Crippen LogP contribution is 2.32. The number of carbonyl (C=O) groups is 4. The molecule has 258 valence electrons. The summed E-state index contributed by atoms with van der Waals surface area (Å²) in [5, 5.41) is 17.2. The molecule has 0 radical (unpaired) electrons. The van der Waals surface area contributed by atoms with E-state index in [9.17, 15) is 19.2 Å². The van der Waals surface area contributed by atoms with Gasteiger partial charge in [0, 0.05) is 55.3 Å². The zero-order valence-electron chi connectivity index (χ0n) is 28.4. The maximum absolute atomic E-state index is 13.4. The molecule has 0 atom stereocenters. The highest BCUT2D eigenvalue weighted by molar-refractivity contribution is 6.07. The van der Waals surface area contributed by atoms with Crippen molar-refractivity contribution >= 4 is 46.0 Å². The van der Waals surface area contributed by atoms with Gasteiger partial charge in [0.1, 0.15) is 24.7 Å². The Labute approximate surface area is 290 Å². The third kappa shape index (κ3) is 8.61. The summed E-state index contributed by atoms with van der Waals surface area (Å²) >= 11 is 0. The van der Waals surface area contributed by atoms with E-state index in [-0.39, 0.29) is 24.6 Å². The second kappa shape index (κ2) is 16.2. The lowest BCUT2D eigenvalue weighted by Gasteiger charge is -2.21. The lowest BCUT2D eigenvalue weighted by molar-refractivity contribution is -0.123. The number of nitrogens with one attached hydrogen (secondary N) is 4. The maximum Gasteiger partial charge on any atom is 0.324 e. The summed E-state index contributed by atoms with van der Waals surface area (Å²) in [6, 6.07) is 23.2. The molecule has 0 fully saturated rings. The van der Waals surface area contributed by atoms with Crippen molar-refractivity contribution in [2.45, 2.75) is 26.2 Å². The molecule has 5 amide bonds. The van der Waals surface area contributed by atoms with Crippen LogP contribution in [0.15, 0.2) is 91.3 Å². The minimum atomic E-state index is -0.484.